The predicted molar refractivity (Wildman–Crippen MR) is 42.7 cm³/mol. The monoisotopic (exact) mass is 188 g/mol. The van der Waals surface area contributed by atoms with Crippen LogP contribution in [0.3, 0.4) is 0 Å². The van der Waals surface area contributed by atoms with Gasteiger partial charge in [0.1, 0.15) is 0 Å². The largest absolute Gasteiger partial charge is 0.381 e. The molecular weight excluding hydrogens is 183 g/mol. The summed E-state index contributed by atoms with van der Waals surface area (Å²) in [5.74, 6) is -1.07. The smallest absolute Gasteiger partial charge is 0.249 e. The van der Waals surface area contributed by atoms with E-state index in [4.69, 9.17) is 11.6 Å². The molecule has 64 valence electrons. The summed E-state index contributed by atoms with van der Waals surface area (Å²) in [6, 6.07) is 4.70. The van der Waals surface area contributed by atoms with Crippen LogP contribution in [0, 0.1) is 6.92 Å². The van der Waals surface area contributed by atoms with Gasteiger partial charge in [-0.15, -0.1) is 0 Å². The van der Waals surface area contributed by atoms with E-state index in [2.05, 4.69) is 4.94 Å². The molecule has 0 aliphatic rings. The summed E-state index contributed by atoms with van der Waals surface area (Å²) in [5.41, 5.74) is 0.860. The highest BCUT2D eigenvalue weighted by Gasteiger charge is 2.11. The van der Waals surface area contributed by atoms with Crippen LogP contribution >= 0.6 is 11.6 Å². The minimum absolute atomic E-state index is 0.0409. The second kappa shape index (κ2) is 3.54. The fraction of sp³-hybridized carbons (Fsp3) is 0.125. The van der Waals surface area contributed by atoms with Gasteiger partial charge in [0.05, 0.1) is 10.6 Å². The maximum Gasteiger partial charge on any atom is 0.381 e. The van der Waals surface area contributed by atoms with Gasteiger partial charge in [-0.3, -0.25) is 0 Å². The molecule has 0 atom stereocenters. The van der Waals surface area contributed by atoms with Crippen molar-refractivity contribution in [1.82, 2.24) is 0 Å². The van der Waals surface area contributed by atoms with Gasteiger partial charge in [0.15, 0.2) is 0 Å². The minimum Gasteiger partial charge on any atom is -0.249 e. The molecule has 0 bridgehead atoms. The van der Waals surface area contributed by atoms with Crippen LogP contribution in [0.2, 0.25) is 5.02 Å². The van der Waals surface area contributed by atoms with Crippen LogP contribution in [0.25, 0.3) is 0 Å². The minimum atomic E-state index is -1.07. The van der Waals surface area contributed by atoms with E-state index in [1.807, 2.05) is 0 Å². The molecule has 0 fully saturated rings. The van der Waals surface area contributed by atoms with Crippen LogP contribution in [0.5, 0.6) is 0 Å². The summed E-state index contributed by atoms with van der Waals surface area (Å²) in [6.45, 7) is 1.77. The van der Waals surface area contributed by atoms with E-state index in [1.165, 1.54) is 12.1 Å². The van der Waals surface area contributed by atoms with Crippen molar-refractivity contribution < 1.29 is 14.3 Å². The van der Waals surface area contributed by atoms with Crippen LogP contribution in [-0.4, -0.2) is 5.97 Å². The average Bonchev–Trinajstić information content (AvgIpc) is 2.08. The Balaban J connectivity index is 3.13. The molecule has 4 heteroatoms. The predicted octanol–water partition coefficient (Wildman–Crippen LogP) is 2.69. The van der Waals surface area contributed by atoms with Crippen LogP contribution in [-0.2, 0) is 4.94 Å². The lowest BCUT2D eigenvalue weighted by Crippen LogP contribution is -1.99. The van der Waals surface area contributed by atoms with E-state index < -0.39 is 5.97 Å². The van der Waals surface area contributed by atoms with Gasteiger partial charge in [-0.1, -0.05) is 23.2 Å². The number of benzene rings is 1. The Bertz CT molecular complexity index is 312. The summed E-state index contributed by atoms with van der Waals surface area (Å²) in [4.78, 5) is 13.8. The van der Waals surface area contributed by atoms with Crippen LogP contribution in [0.1, 0.15) is 15.9 Å². The Hall–Kier alpha value is -1.09. The zero-order valence-electron chi connectivity index (χ0n) is 6.30. The molecule has 1 rings (SSSR count). The zero-order valence-corrected chi connectivity index (χ0v) is 7.06. The Morgan fingerprint density at radius 3 is 2.83 bits per heavy atom. The molecule has 0 heterocycles. The molecule has 12 heavy (non-hydrogen) atoms. The van der Waals surface area contributed by atoms with Crippen molar-refractivity contribution in [1.29, 1.82) is 0 Å². The molecule has 0 N–H and O–H groups in total. The molecule has 0 unspecified atom stereocenters. The molecule has 0 saturated carbocycles. The third kappa shape index (κ3) is 1.74. The fourth-order valence-electron chi connectivity index (χ4n) is 0.837. The number of carbonyl (C=O) groups is 1. The zero-order chi connectivity index (χ0) is 9.14. The van der Waals surface area contributed by atoms with Crippen LogP contribution in [0.4, 0.5) is 4.53 Å². The number of rotatable bonds is 1. The second-order valence-corrected chi connectivity index (χ2v) is 2.76. The highest BCUT2D eigenvalue weighted by Crippen LogP contribution is 2.18. The lowest BCUT2D eigenvalue weighted by atomic mass is 10.1. The summed E-state index contributed by atoms with van der Waals surface area (Å²) in [6.07, 6.45) is 0. The fourth-order valence-corrected chi connectivity index (χ4v) is 1.03. The average molecular weight is 189 g/mol. The highest BCUT2D eigenvalue weighted by atomic mass is 35.5. The summed E-state index contributed by atoms with van der Waals surface area (Å²) in [7, 11) is 0. The standard InChI is InChI=1S/C8H6ClFO2/c1-5-2-3-7(9)6(4-5)8(11)12-10/h2-4H,1H3. The Morgan fingerprint density at radius 2 is 2.25 bits per heavy atom. The van der Waals surface area contributed by atoms with Crippen LogP contribution < -0.4 is 0 Å². The van der Waals surface area contributed by atoms with Crippen molar-refractivity contribution in [3.05, 3.63) is 34.3 Å². The molecule has 2 nitrogen and oxygen atoms in total. The van der Waals surface area contributed by atoms with Crippen molar-refractivity contribution in [3.63, 3.8) is 0 Å². The van der Waals surface area contributed by atoms with E-state index >= 15 is 0 Å². The highest BCUT2D eigenvalue weighted by molar-refractivity contribution is 6.33. The lowest BCUT2D eigenvalue weighted by Gasteiger charge is -1.99. The first kappa shape index (κ1) is 9.00. The molecule has 0 amide bonds. The number of hydrogen-bond acceptors (Lipinski definition) is 2. The topological polar surface area (TPSA) is 26.3 Å². The third-order valence-corrected chi connectivity index (χ3v) is 1.74. The van der Waals surface area contributed by atoms with E-state index in [9.17, 15) is 9.32 Å². The molecule has 0 radical (unpaired) electrons. The first-order valence-electron chi connectivity index (χ1n) is 3.24. The molecule has 0 aliphatic heterocycles. The molecule has 0 aliphatic carbocycles. The Labute approximate surface area is 73.8 Å². The normalized spacial score (nSPS) is 9.58. The molecule has 1 aromatic carbocycles. The van der Waals surface area contributed by atoms with Crippen molar-refractivity contribution >= 4 is 17.6 Å². The van der Waals surface area contributed by atoms with Gasteiger partial charge in [-0.25, -0.2) is 9.74 Å². The first-order chi connectivity index (χ1) is 5.65. The van der Waals surface area contributed by atoms with Crippen molar-refractivity contribution in [2.45, 2.75) is 6.92 Å². The van der Waals surface area contributed by atoms with E-state index in [-0.39, 0.29) is 10.6 Å². The number of halogens is 2. The molecular formula is C8H6ClFO2. The quantitative estimate of drug-likeness (QED) is 0.677. The second-order valence-electron chi connectivity index (χ2n) is 2.35. The SMILES string of the molecule is Cc1ccc(Cl)c(C(=O)OF)c1. The maximum absolute atomic E-state index is 11.5. The van der Waals surface area contributed by atoms with Crippen molar-refractivity contribution in [2.75, 3.05) is 0 Å². The van der Waals surface area contributed by atoms with Crippen molar-refractivity contribution in [2.24, 2.45) is 0 Å². The molecule has 0 spiro atoms. The van der Waals surface area contributed by atoms with E-state index in [0.717, 1.165) is 5.56 Å². The summed E-state index contributed by atoms with van der Waals surface area (Å²) < 4.78 is 11.5. The van der Waals surface area contributed by atoms with Gasteiger partial charge < -0.3 is 0 Å². The van der Waals surface area contributed by atoms with E-state index in [0.29, 0.717) is 0 Å². The van der Waals surface area contributed by atoms with E-state index in [1.54, 1.807) is 13.0 Å². The number of aryl methyl sites for hydroxylation is 1. The van der Waals surface area contributed by atoms with Gasteiger partial charge in [0.25, 0.3) is 0 Å². The van der Waals surface area contributed by atoms with Gasteiger partial charge in [-0.2, -0.15) is 0 Å². The van der Waals surface area contributed by atoms with Crippen LogP contribution in [0.15, 0.2) is 18.2 Å². The lowest BCUT2D eigenvalue weighted by molar-refractivity contribution is -0.0787. The number of hydrogen-bond donors (Lipinski definition) is 0. The van der Waals surface area contributed by atoms with Gasteiger partial charge in [-0.05, 0) is 19.1 Å². The Morgan fingerprint density at radius 1 is 1.58 bits per heavy atom. The van der Waals surface area contributed by atoms with Gasteiger partial charge in [0, 0.05) is 4.53 Å². The Kier molecular flexibility index (Phi) is 2.65. The first-order valence-corrected chi connectivity index (χ1v) is 3.62. The molecule has 0 saturated heterocycles. The van der Waals surface area contributed by atoms with Gasteiger partial charge >= 0.3 is 5.97 Å². The summed E-state index contributed by atoms with van der Waals surface area (Å²) >= 11 is 5.60. The molecule has 1 aromatic rings. The third-order valence-electron chi connectivity index (χ3n) is 1.41. The molecule has 0 aromatic heterocycles. The summed E-state index contributed by atoms with van der Waals surface area (Å²) in [5, 5.41) is 0.184. The van der Waals surface area contributed by atoms with Gasteiger partial charge in [0.2, 0.25) is 0 Å². The maximum atomic E-state index is 11.5. The number of carbonyl (C=O) groups excluding carboxylic acids is 1. The van der Waals surface area contributed by atoms with Crippen molar-refractivity contribution in [3.8, 4) is 0 Å².